The van der Waals surface area contributed by atoms with E-state index in [0.29, 0.717) is 0 Å². The number of aliphatic hydroxyl groups excluding tert-OH is 1. The quantitative estimate of drug-likeness (QED) is 0.891. The molecule has 0 bridgehead atoms. The second-order valence-corrected chi connectivity index (χ2v) is 6.63. The van der Waals surface area contributed by atoms with Crippen molar-refractivity contribution in [2.24, 2.45) is 0 Å². The molecule has 21 heavy (non-hydrogen) atoms. The van der Waals surface area contributed by atoms with Gasteiger partial charge in [-0.3, -0.25) is 4.79 Å². The smallest absolute Gasteiger partial charge is 0.231 e. The first-order chi connectivity index (χ1) is 9.93. The average Bonchev–Trinajstić information content (AvgIpc) is 2.99. The first-order valence-corrected chi connectivity index (χ1v) is 7.86. The Kier molecular flexibility index (Phi) is 4.80. The highest BCUT2D eigenvalue weighted by Crippen LogP contribution is 2.27. The minimum atomic E-state index is -0.686. The predicted octanol–water partition coefficient (Wildman–Crippen LogP) is 3.18. The number of benzene rings is 1. The van der Waals surface area contributed by atoms with Crippen molar-refractivity contribution in [2.45, 2.75) is 32.3 Å². The van der Waals surface area contributed by atoms with Gasteiger partial charge in [-0.05, 0) is 43.3 Å². The van der Waals surface area contributed by atoms with E-state index in [1.54, 1.807) is 11.3 Å². The van der Waals surface area contributed by atoms with Crippen LogP contribution in [0.3, 0.4) is 0 Å². The number of carbonyl (C=O) groups is 1. The maximum atomic E-state index is 12.4. The summed E-state index contributed by atoms with van der Waals surface area (Å²) in [6.45, 7) is 5.97. The van der Waals surface area contributed by atoms with Gasteiger partial charge in [-0.1, -0.05) is 30.3 Å². The van der Waals surface area contributed by atoms with Crippen LogP contribution in [0.4, 0.5) is 0 Å². The van der Waals surface area contributed by atoms with E-state index in [0.717, 1.165) is 16.0 Å². The highest BCUT2D eigenvalue weighted by molar-refractivity contribution is 7.10. The maximum Gasteiger partial charge on any atom is 0.231 e. The van der Waals surface area contributed by atoms with Crippen molar-refractivity contribution in [3.8, 4) is 0 Å². The Morgan fingerprint density at radius 3 is 2.62 bits per heavy atom. The molecule has 1 atom stereocenters. The molecule has 4 heteroatoms. The molecular weight excluding hydrogens is 282 g/mol. The monoisotopic (exact) mass is 303 g/mol. The predicted molar refractivity (Wildman–Crippen MR) is 86.5 cm³/mol. The van der Waals surface area contributed by atoms with E-state index in [9.17, 15) is 9.90 Å². The van der Waals surface area contributed by atoms with Crippen LogP contribution in [0.5, 0.6) is 0 Å². The molecule has 0 saturated heterocycles. The number of rotatable bonds is 5. The van der Waals surface area contributed by atoms with Crippen LogP contribution in [0, 0.1) is 6.92 Å². The van der Waals surface area contributed by atoms with Crippen molar-refractivity contribution in [3.05, 3.63) is 57.8 Å². The summed E-state index contributed by atoms with van der Waals surface area (Å²) in [6.07, 6.45) is -0.686. The Hall–Kier alpha value is -1.65. The van der Waals surface area contributed by atoms with Gasteiger partial charge in [-0.15, -0.1) is 11.3 Å². The van der Waals surface area contributed by atoms with Crippen molar-refractivity contribution in [1.29, 1.82) is 0 Å². The fourth-order valence-electron chi connectivity index (χ4n) is 2.23. The molecule has 1 aromatic carbocycles. The van der Waals surface area contributed by atoms with Crippen molar-refractivity contribution >= 4 is 17.2 Å². The Balaban J connectivity index is 2.00. The topological polar surface area (TPSA) is 49.3 Å². The number of carbonyl (C=O) groups excluding carboxylic acids is 1. The Bertz CT molecular complexity index is 605. The summed E-state index contributed by atoms with van der Waals surface area (Å²) in [5.74, 6) is -0.0717. The molecule has 0 aliphatic heterocycles. The van der Waals surface area contributed by atoms with Gasteiger partial charge in [0.15, 0.2) is 0 Å². The van der Waals surface area contributed by atoms with Gasteiger partial charge in [-0.2, -0.15) is 0 Å². The van der Waals surface area contributed by atoms with E-state index < -0.39 is 11.5 Å². The number of hydrogen-bond donors (Lipinski definition) is 2. The number of aliphatic hydroxyl groups is 1. The molecule has 1 heterocycles. The molecule has 1 amide bonds. The molecule has 2 aromatic rings. The van der Waals surface area contributed by atoms with Gasteiger partial charge in [-0.25, -0.2) is 0 Å². The van der Waals surface area contributed by atoms with Gasteiger partial charge in [0.2, 0.25) is 5.91 Å². The number of aryl methyl sites for hydroxylation is 1. The molecular formula is C17H21NO2S. The summed E-state index contributed by atoms with van der Waals surface area (Å²) in [5, 5.41) is 15.1. The number of hydrogen-bond acceptors (Lipinski definition) is 3. The SMILES string of the molecule is Cc1ccccc1C(O)CNC(=O)C(C)(C)c1cccs1. The van der Waals surface area contributed by atoms with E-state index in [-0.39, 0.29) is 12.5 Å². The van der Waals surface area contributed by atoms with Crippen molar-refractivity contribution in [3.63, 3.8) is 0 Å². The Labute approximate surface area is 129 Å². The van der Waals surface area contributed by atoms with E-state index in [4.69, 9.17) is 0 Å². The summed E-state index contributed by atoms with van der Waals surface area (Å²) >= 11 is 1.57. The van der Waals surface area contributed by atoms with Crippen LogP contribution in [-0.2, 0) is 10.2 Å². The van der Waals surface area contributed by atoms with Crippen LogP contribution in [0.1, 0.15) is 36.0 Å². The third kappa shape index (κ3) is 3.52. The average molecular weight is 303 g/mol. The zero-order valence-corrected chi connectivity index (χ0v) is 13.4. The third-order valence-corrected chi connectivity index (χ3v) is 4.90. The molecule has 0 spiro atoms. The standard InChI is InChI=1S/C17H21NO2S/c1-12-7-4-5-8-13(12)14(19)11-18-16(20)17(2,3)15-9-6-10-21-15/h4-10,14,19H,11H2,1-3H3,(H,18,20). The van der Waals surface area contributed by atoms with Crippen LogP contribution in [-0.4, -0.2) is 17.6 Å². The molecule has 3 nitrogen and oxygen atoms in total. The molecule has 0 aliphatic carbocycles. The van der Waals surface area contributed by atoms with Gasteiger partial charge in [0.25, 0.3) is 0 Å². The number of amides is 1. The third-order valence-electron chi connectivity index (χ3n) is 3.71. The lowest BCUT2D eigenvalue weighted by atomic mass is 9.90. The fourth-order valence-corrected chi connectivity index (χ4v) is 3.08. The zero-order valence-electron chi connectivity index (χ0n) is 12.6. The minimum absolute atomic E-state index is 0.0717. The number of thiophene rings is 1. The van der Waals surface area contributed by atoms with E-state index in [1.807, 2.05) is 62.5 Å². The first kappa shape index (κ1) is 15.7. The lowest BCUT2D eigenvalue weighted by Gasteiger charge is -2.23. The van der Waals surface area contributed by atoms with Gasteiger partial charge < -0.3 is 10.4 Å². The van der Waals surface area contributed by atoms with E-state index in [1.165, 1.54) is 0 Å². The van der Waals surface area contributed by atoms with Crippen LogP contribution in [0.25, 0.3) is 0 Å². The van der Waals surface area contributed by atoms with Crippen LogP contribution >= 0.6 is 11.3 Å². The van der Waals surface area contributed by atoms with Crippen LogP contribution < -0.4 is 5.32 Å². The largest absolute Gasteiger partial charge is 0.387 e. The molecule has 0 saturated carbocycles. The molecule has 0 fully saturated rings. The molecule has 2 rings (SSSR count). The summed E-state index contributed by atoms with van der Waals surface area (Å²) in [7, 11) is 0. The second kappa shape index (κ2) is 6.41. The van der Waals surface area contributed by atoms with Crippen LogP contribution in [0.2, 0.25) is 0 Å². The summed E-state index contributed by atoms with van der Waals surface area (Å²) < 4.78 is 0. The van der Waals surface area contributed by atoms with Gasteiger partial charge in [0, 0.05) is 11.4 Å². The summed E-state index contributed by atoms with van der Waals surface area (Å²) in [4.78, 5) is 13.4. The van der Waals surface area contributed by atoms with Gasteiger partial charge >= 0.3 is 0 Å². The number of nitrogens with one attached hydrogen (secondary N) is 1. The van der Waals surface area contributed by atoms with Crippen LogP contribution in [0.15, 0.2) is 41.8 Å². The molecule has 112 valence electrons. The first-order valence-electron chi connectivity index (χ1n) is 6.99. The molecule has 0 aliphatic rings. The van der Waals surface area contributed by atoms with E-state index in [2.05, 4.69) is 5.32 Å². The zero-order chi connectivity index (χ0) is 15.5. The lowest BCUT2D eigenvalue weighted by molar-refractivity contribution is -0.126. The Morgan fingerprint density at radius 1 is 1.29 bits per heavy atom. The minimum Gasteiger partial charge on any atom is -0.387 e. The molecule has 2 N–H and O–H groups in total. The van der Waals surface area contributed by atoms with E-state index >= 15 is 0 Å². The van der Waals surface area contributed by atoms with Crippen molar-refractivity contribution < 1.29 is 9.90 Å². The van der Waals surface area contributed by atoms with Crippen molar-refractivity contribution in [1.82, 2.24) is 5.32 Å². The molecule has 0 radical (unpaired) electrons. The highest BCUT2D eigenvalue weighted by Gasteiger charge is 2.30. The fraction of sp³-hybridized carbons (Fsp3) is 0.353. The lowest BCUT2D eigenvalue weighted by Crippen LogP contribution is -2.41. The summed E-state index contributed by atoms with van der Waals surface area (Å²) in [5.41, 5.74) is 1.29. The van der Waals surface area contributed by atoms with Gasteiger partial charge in [0.1, 0.15) is 0 Å². The molecule has 1 unspecified atom stereocenters. The normalized spacial score (nSPS) is 13.0. The van der Waals surface area contributed by atoms with Gasteiger partial charge in [0.05, 0.1) is 11.5 Å². The summed E-state index contributed by atoms with van der Waals surface area (Å²) in [6, 6.07) is 11.6. The maximum absolute atomic E-state index is 12.4. The molecule has 1 aromatic heterocycles. The van der Waals surface area contributed by atoms with Crippen molar-refractivity contribution in [2.75, 3.05) is 6.54 Å². The Morgan fingerprint density at radius 2 is 2.00 bits per heavy atom. The highest BCUT2D eigenvalue weighted by atomic mass is 32.1. The second-order valence-electron chi connectivity index (χ2n) is 5.68.